The van der Waals surface area contributed by atoms with Gasteiger partial charge in [-0.15, -0.1) is 0 Å². The van der Waals surface area contributed by atoms with E-state index >= 15 is 0 Å². The van der Waals surface area contributed by atoms with Gasteiger partial charge in [-0.3, -0.25) is 9.59 Å². The predicted octanol–water partition coefficient (Wildman–Crippen LogP) is 1.12. The summed E-state index contributed by atoms with van der Waals surface area (Å²) in [6.07, 6.45) is 2.67. The van der Waals surface area contributed by atoms with Gasteiger partial charge < -0.3 is 19.6 Å². The lowest BCUT2D eigenvalue weighted by Gasteiger charge is -2.23. The molecule has 2 aliphatic rings. The Kier molecular flexibility index (Phi) is 4.35. The molecule has 126 valence electrons. The summed E-state index contributed by atoms with van der Waals surface area (Å²) in [7, 11) is 0. The number of likely N-dealkylation sites (tertiary alicyclic amines) is 1. The van der Waals surface area contributed by atoms with Gasteiger partial charge in [-0.1, -0.05) is 41.6 Å². The number of carbonyl (C=O) groups excluding carboxylic acids is 2. The number of esters is 1. The summed E-state index contributed by atoms with van der Waals surface area (Å²) in [6, 6.07) is 9.53. The average molecular weight is 330 g/mol. The minimum atomic E-state index is -1.41. The summed E-state index contributed by atoms with van der Waals surface area (Å²) in [5.74, 6) is -0.715. The van der Waals surface area contributed by atoms with Crippen LogP contribution in [-0.4, -0.2) is 52.6 Å². The molecule has 0 radical (unpaired) electrons. The van der Waals surface area contributed by atoms with Gasteiger partial charge in [0.05, 0.1) is 6.54 Å². The Morgan fingerprint density at radius 1 is 1.46 bits per heavy atom. The van der Waals surface area contributed by atoms with E-state index < -0.39 is 17.7 Å². The smallest absolute Gasteiger partial charge is 0.302 e. The van der Waals surface area contributed by atoms with Gasteiger partial charge in [0, 0.05) is 13.5 Å². The molecule has 1 aromatic carbocycles. The van der Waals surface area contributed by atoms with E-state index in [-0.39, 0.29) is 24.8 Å². The van der Waals surface area contributed by atoms with Crippen LogP contribution in [0, 0.1) is 0 Å². The molecule has 1 amide bonds. The van der Waals surface area contributed by atoms with Gasteiger partial charge in [0.15, 0.2) is 0 Å². The van der Waals surface area contributed by atoms with E-state index in [9.17, 15) is 14.8 Å². The van der Waals surface area contributed by atoms with E-state index in [2.05, 4.69) is 5.16 Å². The SMILES string of the molecule is CC(=O)OC[C@@H]1C=C[C@]2(O1)C(=O)N(Cc1ccccc1)C/C2=N\O. The number of hydrogen-bond acceptors (Lipinski definition) is 6. The number of hydrogen-bond donors (Lipinski definition) is 1. The van der Waals surface area contributed by atoms with Crippen LogP contribution in [0.1, 0.15) is 12.5 Å². The first-order chi connectivity index (χ1) is 11.5. The van der Waals surface area contributed by atoms with E-state index in [1.54, 1.807) is 17.1 Å². The molecule has 3 rings (SSSR count). The van der Waals surface area contributed by atoms with Crippen molar-refractivity contribution in [1.82, 2.24) is 4.90 Å². The standard InChI is InChI=1S/C17H18N2O5/c1-12(20)23-11-14-7-8-17(24-14)15(18-22)10-19(16(17)21)9-13-5-3-2-4-6-13/h2-8,14,22H,9-11H2,1H3/b18-15+/t14-,17+/m0/s1. The molecule has 0 bridgehead atoms. The third-order valence-corrected chi connectivity index (χ3v) is 4.04. The fraction of sp³-hybridized carbons (Fsp3) is 0.353. The van der Waals surface area contributed by atoms with Crippen molar-refractivity contribution in [3.8, 4) is 0 Å². The molecule has 0 aromatic heterocycles. The van der Waals surface area contributed by atoms with Gasteiger partial charge in [0.25, 0.3) is 5.91 Å². The highest BCUT2D eigenvalue weighted by atomic mass is 16.6. The molecule has 1 N–H and O–H groups in total. The number of nitrogens with zero attached hydrogens (tertiary/aromatic N) is 2. The highest BCUT2D eigenvalue weighted by molar-refractivity contribution is 6.20. The zero-order chi connectivity index (χ0) is 17.2. The molecular weight excluding hydrogens is 312 g/mol. The van der Waals surface area contributed by atoms with E-state index in [0.29, 0.717) is 6.54 Å². The van der Waals surface area contributed by atoms with Crippen molar-refractivity contribution in [2.24, 2.45) is 5.16 Å². The van der Waals surface area contributed by atoms with Crippen LogP contribution in [0.25, 0.3) is 0 Å². The maximum absolute atomic E-state index is 12.8. The maximum Gasteiger partial charge on any atom is 0.302 e. The second-order valence-corrected chi connectivity index (χ2v) is 5.75. The fourth-order valence-corrected chi connectivity index (χ4v) is 2.90. The lowest BCUT2D eigenvalue weighted by atomic mass is 10.0. The van der Waals surface area contributed by atoms with Crippen molar-refractivity contribution in [2.75, 3.05) is 13.2 Å². The van der Waals surface area contributed by atoms with Crippen LogP contribution in [0.2, 0.25) is 0 Å². The molecular formula is C17H18N2O5. The van der Waals surface area contributed by atoms with Crippen LogP contribution < -0.4 is 0 Å². The molecule has 0 saturated carbocycles. The van der Waals surface area contributed by atoms with E-state index in [0.717, 1.165) is 5.56 Å². The predicted molar refractivity (Wildman–Crippen MR) is 84.5 cm³/mol. The number of carbonyl (C=O) groups is 2. The lowest BCUT2D eigenvalue weighted by Crippen LogP contribution is -2.44. The summed E-state index contributed by atoms with van der Waals surface area (Å²) in [4.78, 5) is 25.3. The summed E-state index contributed by atoms with van der Waals surface area (Å²) in [5, 5.41) is 12.6. The van der Waals surface area contributed by atoms with Crippen molar-refractivity contribution in [2.45, 2.75) is 25.2 Å². The van der Waals surface area contributed by atoms with Crippen LogP contribution >= 0.6 is 0 Å². The van der Waals surface area contributed by atoms with Gasteiger partial charge in [0.2, 0.25) is 5.60 Å². The highest BCUT2D eigenvalue weighted by Crippen LogP contribution is 2.33. The molecule has 2 aliphatic heterocycles. The molecule has 7 heteroatoms. The van der Waals surface area contributed by atoms with Gasteiger partial charge in [0.1, 0.15) is 18.4 Å². The van der Waals surface area contributed by atoms with Crippen molar-refractivity contribution < 1.29 is 24.3 Å². The van der Waals surface area contributed by atoms with Crippen molar-refractivity contribution >= 4 is 17.6 Å². The second kappa shape index (κ2) is 6.45. The van der Waals surface area contributed by atoms with Gasteiger partial charge in [-0.2, -0.15) is 0 Å². The lowest BCUT2D eigenvalue weighted by molar-refractivity contribution is -0.149. The number of oxime groups is 1. The first-order valence-electron chi connectivity index (χ1n) is 7.60. The van der Waals surface area contributed by atoms with E-state index in [1.807, 2.05) is 30.3 Å². The van der Waals surface area contributed by atoms with Gasteiger partial charge in [-0.25, -0.2) is 0 Å². The Morgan fingerprint density at radius 2 is 2.21 bits per heavy atom. The zero-order valence-corrected chi connectivity index (χ0v) is 13.2. The Bertz CT molecular complexity index is 700. The largest absolute Gasteiger partial charge is 0.463 e. The monoisotopic (exact) mass is 330 g/mol. The van der Waals surface area contributed by atoms with Crippen LogP contribution in [0.5, 0.6) is 0 Å². The molecule has 2 heterocycles. The van der Waals surface area contributed by atoms with Crippen molar-refractivity contribution in [1.29, 1.82) is 0 Å². The summed E-state index contributed by atoms with van der Waals surface area (Å²) in [5.41, 5.74) is -0.211. The first kappa shape index (κ1) is 16.2. The Balaban J connectivity index is 1.75. The fourth-order valence-electron chi connectivity index (χ4n) is 2.90. The Morgan fingerprint density at radius 3 is 2.88 bits per heavy atom. The van der Waals surface area contributed by atoms with Crippen LogP contribution in [0.15, 0.2) is 47.6 Å². The number of benzene rings is 1. The number of rotatable bonds is 4. The van der Waals surface area contributed by atoms with Gasteiger partial charge >= 0.3 is 5.97 Å². The second-order valence-electron chi connectivity index (χ2n) is 5.75. The first-order valence-corrected chi connectivity index (χ1v) is 7.60. The van der Waals surface area contributed by atoms with E-state index in [1.165, 1.54) is 6.92 Å². The van der Waals surface area contributed by atoms with Crippen molar-refractivity contribution in [3.05, 3.63) is 48.0 Å². The average Bonchev–Trinajstić information content (AvgIpc) is 3.12. The van der Waals surface area contributed by atoms with Crippen LogP contribution in [0.4, 0.5) is 0 Å². The van der Waals surface area contributed by atoms with Crippen molar-refractivity contribution in [3.63, 3.8) is 0 Å². The minimum Gasteiger partial charge on any atom is -0.463 e. The molecule has 1 aromatic rings. The number of amides is 1. The summed E-state index contributed by atoms with van der Waals surface area (Å²) >= 11 is 0. The van der Waals surface area contributed by atoms with E-state index in [4.69, 9.17) is 9.47 Å². The molecule has 1 fully saturated rings. The normalized spacial score (nSPS) is 27.4. The zero-order valence-electron chi connectivity index (χ0n) is 13.2. The number of ether oxygens (including phenoxy) is 2. The Hall–Kier alpha value is -2.67. The molecule has 24 heavy (non-hydrogen) atoms. The summed E-state index contributed by atoms with van der Waals surface area (Å²) in [6.45, 7) is 1.89. The molecule has 0 aliphatic carbocycles. The third-order valence-electron chi connectivity index (χ3n) is 4.04. The maximum atomic E-state index is 12.8. The van der Waals surface area contributed by atoms with Crippen LogP contribution in [0.3, 0.4) is 0 Å². The molecule has 7 nitrogen and oxygen atoms in total. The highest BCUT2D eigenvalue weighted by Gasteiger charge is 2.55. The molecule has 0 unspecified atom stereocenters. The minimum absolute atomic E-state index is 0.0122. The molecule has 2 atom stereocenters. The molecule has 1 saturated heterocycles. The molecule has 1 spiro atoms. The van der Waals surface area contributed by atoms with Gasteiger partial charge in [-0.05, 0) is 11.6 Å². The van der Waals surface area contributed by atoms with Crippen LogP contribution in [-0.2, 0) is 25.6 Å². The quantitative estimate of drug-likeness (QED) is 0.387. The Labute approximate surface area is 139 Å². The topological polar surface area (TPSA) is 88.4 Å². The third kappa shape index (κ3) is 2.90. The summed E-state index contributed by atoms with van der Waals surface area (Å²) < 4.78 is 10.7.